The summed E-state index contributed by atoms with van der Waals surface area (Å²) in [4.78, 5) is 0. The summed E-state index contributed by atoms with van der Waals surface area (Å²) in [5.41, 5.74) is 0. The van der Waals surface area contributed by atoms with E-state index in [9.17, 15) is 0 Å². The van der Waals surface area contributed by atoms with Gasteiger partial charge in [0.05, 0.1) is 18.6 Å². The van der Waals surface area contributed by atoms with Crippen LogP contribution in [-0.2, 0) is 4.74 Å². The predicted molar refractivity (Wildman–Crippen MR) is 47.0 cm³/mol. The smallest absolute Gasteiger partial charge is 0.0908 e. The summed E-state index contributed by atoms with van der Waals surface area (Å²) in [6.07, 6.45) is 3.23. The maximum absolute atomic E-state index is 8.94. The summed E-state index contributed by atoms with van der Waals surface area (Å²) >= 11 is 5.35. The Morgan fingerprint density at radius 3 is 2.91 bits per heavy atom. The fourth-order valence-electron chi connectivity index (χ4n) is 0.594. The maximum atomic E-state index is 8.94. The number of unbranched alkanes of at least 4 members (excludes halogenated alkanes) is 1. The third kappa shape index (κ3) is 7.85. The Labute approximate surface area is 72.8 Å². The SMILES string of the molecule is C=CCCCOCC(O)CCl. The van der Waals surface area contributed by atoms with Crippen molar-refractivity contribution in [3.05, 3.63) is 12.7 Å². The Hall–Kier alpha value is -0.0500. The minimum absolute atomic E-state index is 0.238. The summed E-state index contributed by atoms with van der Waals surface area (Å²) in [6.45, 7) is 4.58. The number of hydrogen-bond donors (Lipinski definition) is 1. The molecule has 1 unspecified atom stereocenters. The molecule has 0 rings (SSSR count). The van der Waals surface area contributed by atoms with Crippen LogP contribution in [0.1, 0.15) is 12.8 Å². The minimum Gasteiger partial charge on any atom is -0.389 e. The summed E-state index contributed by atoms with van der Waals surface area (Å²) in [5, 5.41) is 8.94. The van der Waals surface area contributed by atoms with Crippen LogP contribution >= 0.6 is 11.6 Å². The van der Waals surface area contributed by atoms with E-state index in [0.29, 0.717) is 13.2 Å². The zero-order valence-corrected chi connectivity index (χ0v) is 7.39. The fraction of sp³-hybridized carbons (Fsp3) is 0.750. The molecule has 0 heterocycles. The molecule has 0 saturated heterocycles. The van der Waals surface area contributed by atoms with Crippen LogP contribution in [0.2, 0.25) is 0 Å². The van der Waals surface area contributed by atoms with E-state index in [0.717, 1.165) is 12.8 Å². The van der Waals surface area contributed by atoms with Crippen molar-refractivity contribution in [1.82, 2.24) is 0 Å². The number of alkyl halides is 1. The molecule has 0 amide bonds. The van der Waals surface area contributed by atoms with E-state index in [1.165, 1.54) is 0 Å². The van der Waals surface area contributed by atoms with Gasteiger partial charge in [0.25, 0.3) is 0 Å². The van der Waals surface area contributed by atoms with Gasteiger partial charge in [0, 0.05) is 6.61 Å². The average Bonchev–Trinajstić information content (AvgIpc) is 2.04. The first-order valence-electron chi connectivity index (χ1n) is 3.74. The first-order chi connectivity index (χ1) is 5.31. The molecule has 0 fully saturated rings. The quantitative estimate of drug-likeness (QED) is 0.364. The average molecular weight is 179 g/mol. The number of allylic oxidation sites excluding steroid dienone is 1. The third-order valence-electron chi connectivity index (χ3n) is 1.19. The molecule has 0 aromatic carbocycles. The van der Waals surface area contributed by atoms with Gasteiger partial charge < -0.3 is 9.84 Å². The van der Waals surface area contributed by atoms with E-state index in [1.807, 2.05) is 6.08 Å². The van der Waals surface area contributed by atoms with Gasteiger partial charge >= 0.3 is 0 Å². The lowest BCUT2D eigenvalue weighted by atomic mass is 10.3. The fourth-order valence-corrected chi connectivity index (χ4v) is 0.683. The van der Waals surface area contributed by atoms with Crippen LogP contribution in [0.3, 0.4) is 0 Å². The van der Waals surface area contributed by atoms with E-state index in [-0.39, 0.29) is 5.88 Å². The Morgan fingerprint density at radius 2 is 2.36 bits per heavy atom. The van der Waals surface area contributed by atoms with Gasteiger partial charge in [-0.2, -0.15) is 0 Å². The molecule has 0 aliphatic carbocycles. The van der Waals surface area contributed by atoms with Crippen molar-refractivity contribution in [2.45, 2.75) is 18.9 Å². The zero-order chi connectivity index (χ0) is 8.53. The molecule has 66 valence electrons. The van der Waals surface area contributed by atoms with E-state index >= 15 is 0 Å². The lowest BCUT2D eigenvalue weighted by Gasteiger charge is -2.06. The van der Waals surface area contributed by atoms with Gasteiger partial charge in [-0.25, -0.2) is 0 Å². The van der Waals surface area contributed by atoms with Crippen LogP contribution in [-0.4, -0.2) is 30.3 Å². The van der Waals surface area contributed by atoms with Crippen molar-refractivity contribution in [1.29, 1.82) is 0 Å². The van der Waals surface area contributed by atoms with Crippen LogP contribution in [0.15, 0.2) is 12.7 Å². The summed E-state index contributed by atoms with van der Waals surface area (Å²) in [6, 6.07) is 0. The highest BCUT2D eigenvalue weighted by molar-refractivity contribution is 6.18. The molecule has 0 aromatic heterocycles. The van der Waals surface area contributed by atoms with Gasteiger partial charge in [-0.05, 0) is 12.8 Å². The van der Waals surface area contributed by atoms with Gasteiger partial charge in [-0.15, -0.1) is 18.2 Å². The summed E-state index contributed by atoms with van der Waals surface area (Å²) in [7, 11) is 0. The van der Waals surface area contributed by atoms with Gasteiger partial charge in [0.15, 0.2) is 0 Å². The molecule has 11 heavy (non-hydrogen) atoms. The Morgan fingerprint density at radius 1 is 1.64 bits per heavy atom. The highest BCUT2D eigenvalue weighted by Gasteiger charge is 1.99. The molecule has 3 heteroatoms. The number of aliphatic hydroxyl groups excluding tert-OH is 1. The van der Waals surface area contributed by atoms with Crippen molar-refractivity contribution in [3.8, 4) is 0 Å². The lowest BCUT2D eigenvalue weighted by molar-refractivity contribution is 0.0472. The lowest BCUT2D eigenvalue weighted by Crippen LogP contribution is -2.16. The maximum Gasteiger partial charge on any atom is 0.0908 e. The van der Waals surface area contributed by atoms with Crippen LogP contribution < -0.4 is 0 Å². The van der Waals surface area contributed by atoms with E-state index in [2.05, 4.69) is 6.58 Å². The second-order valence-electron chi connectivity index (χ2n) is 2.31. The van der Waals surface area contributed by atoms with Gasteiger partial charge in [0.1, 0.15) is 0 Å². The minimum atomic E-state index is -0.527. The highest BCUT2D eigenvalue weighted by atomic mass is 35.5. The topological polar surface area (TPSA) is 29.5 Å². The predicted octanol–water partition coefficient (Wildman–Crippen LogP) is 1.57. The Bertz CT molecular complexity index is 96.1. The third-order valence-corrected chi connectivity index (χ3v) is 1.54. The first kappa shape index (κ1) is 11.0. The van der Waals surface area contributed by atoms with Crippen molar-refractivity contribution in [2.24, 2.45) is 0 Å². The summed E-state index contributed by atoms with van der Waals surface area (Å²) < 4.78 is 5.11. The van der Waals surface area contributed by atoms with Crippen molar-refractivity contribution >= 4 is 11.6 Å². The molecule has 0 spiro atoms. The van der Waals surface area contributed by atoms with E-state index < -0.39 is 6.10 Å². The van der Waals surface area contributed by atoms with Gasteiger partial charge in [-0.1, -0.05) is 6.08 Å². The van der Waals surface area contributed by atoms with Crippen molar-refractivity contribution in [3.63, 3.8) is 0 Å². The van der Waals surface area contributed by atoms with Gasteiger partial charge in [-0.3, -0.25) is 0 Å². The molecule has 2 nitrogen and oxygen atoms in total. The number of ether oxygens (including phenoxy) is 1. The molecule has 1 atom stereocenters. The van der Waals surface area contributed by atoms with Crippen LogP contribution in [0.4, 0.5) is 0 Å². The highest BCUT2D eigenvalue weighted by Crippen LogP contribution is 1.93. The molecule has 0 radical (unpaired) electrons. The van der Waals surface area contributed by atoms with Crippen LogP contribution in [0, 0.1) is 0 Å². The number of aliphatic hydroxyl groups is 1. The van der Waals surface area contributed by atoms with Crippen molar-refractivity contribution in [2.75, 3.05) is 19.1 Å². The first-order valence-corrected chi connectivity index (χ1v) is 4.27. The largest absolute Gasteiger partial charge is 0.389 e. The Kier molecular flexibility index (Phi) is 8.01. The number of halogens is 1. The van der Waals surface area contributed by atoms with Crippen LogP contribution in [0.5, 0.6) is 0 Å². The molecule has 1 N–H and O–H groups in total. The second kappa shape index (κ2) is 8.05. The second-order valence-corrected chi connectivity index (χ2v) is 2.62. The molecular weight excluding hydrogens is 164 g/mol. The molecular formula is C8H15ClO2. The number of hydrogen-bond acceptors (Lipinski definition) is 2. The normalized spacial score (nSPS) is 12.9. The van der Waals surface area contributed by atoms with E-state index in [4.69, 9.17) is 21.4 Å². The van der Waals surface area contributed by atoms with Gasteiger partial charge in [0.2, 0.25) is 0 Å². The monoisotopic (exact) mass is 178 g/mol. The summed E-state index contributed by atoms with van der Waals surface area (Å²) in [5.74, 6) is 0.238. The number of rotatable bonds is 7. The Balaban J connectivity index is 2.95. The zero-order valence-electron chi connectivity index (χ0n) is 6.63. The van der Waals surface area contributed by atoms with E-state index in [1.54, 1.807) is 0 Å². The molecule has 0 saturated carbocycles. The molecule has 0 bridgehead atoms. The van der Waals surface area contributed by atoms with Crippen molar-refractivity contribution < 1.29 is 9.84 Å². The molecule has 0 aliphatic heterocycles. The molecule has 0 aromatic rings. The standard InChI is InChI=1S/C8H15ClO2/c1-2-3-4-5-11-7-8(10)6-9/h2,8,10H,1,3-7H2. The van der Waals surface area contributed by atoms with Crippen LogP contribution in [0.25, 0.3) is 0 Å². The molecule has 0 aliphatic rings.